The van der Waals surface area contributed by atoms with Crippen LogP contribution in [0, 0.1) is 0 Å². The Hall–Kier alpha value is -0.740. The van der Waals surface area contributed by atoms with Gasteiger partial charge in [0.25, 0.3) is 0 Å². The molecular formula is C11H17N3S. The lowest BCUT2D eigenvalue weighted by Crippen LogP contribution is -2.33. The lowest BCUT2D eigenvalue weighted by atomic mass is 10.2. The van der Waals surface area contributed by atoms with E-state index in [2.05, 4.69) is 21.3 Å². The average Bonchev–Trinajstić information content (AvgIpc) is 2.31. The molecule has 0 radical (unpaired) electrons. The van der Waals surface area contributed by atoms with E-state index in [1.807, 2.05) is 31.2 Å². The second-order valence-electron chi connectivity index (χ2n) is 3.63. The van der Waals surface area contributed by atoms with Crippen molar-refractivity contribution in [1.82, 2.24) is 10.3 Å². The van der Waals surface area contributed by atoms with Crippen molar-refractivity contribution in [2.75, 3.05) is 36.5 Å². The molecule has 82 valence electrons. The Morgan fingerprint density at radius 2 is 2.27 bits per heavy atom. The number of hydrogen-bond donors (Lipinski definition) is 1. The molecule has 0 amide bonds. The standard InChI is InChI=1S/C11H17N3S/c1-12-8-10-9-13-3-2-11(10)14-4-6-15-7-5-14/h2-3,9,12H,4-8H2,1H3. The van der Waals surface area contributed by atoms with Crippen LogP contribution >= 0.6 is 11.8 Å². The number of aromatic nitrogens is 1. The summed E-state index contributed by atoms with van der Waals surface area (Å²) in [4.78, 5) is 6.65. The van der Waals surface area contributed by atoms with E-state index in [9.17, 15) is 0 Å². The van der Waals surface area contributed by atoms with E-state index in [1.165, 1.54) is 22.8 Å². The maximum Gasteiger partial charge on any atom is 0.0443 e. The highest BCUT2D eigenvalue weighted by Gasteiger charge is 2.13. The Labute approximate surface area is 95.3 Å². The van der Waals surface area contributed by atoms with Crippen molar-refractivity contribution in [3.05, 3.63) is 24.0 Å². The highest BCUT2D eigenvalue weighted by atomic mass is 32.2. The quantitative estimate of drug-likeness (QED) is 0.837. The normalized spacial score (nSPS) is 16.7. The van der Waals surface area contributed by atoms with Gasteiger partial charge in [0.05, 0.1) is 0 Å². The molecular weight excluding hydrogens is 206 g/mol. The fourth-order valence-electron chi connectivity index (χ4n) is 1.86. The molecule has 1 aliphatic rings. The lowest BCUT2D eigenvalue weighted by molar-refractivity contribution is 0.789. The van der Waals surface area contributed by atoms with Gasteiger partial charge in [-0.2, -0.15) is 11.8 Å². The van der Waals surface area contributed by atoms with Crippen LogP contribution in [0.5, 0.6) is 0 Å². The van der Waals surface area contributed by atoms with Gasteiger partial charge in [0.2, 0.25) is 0 Å². The third-order valence-electron chi connectivity index (χ3n) is 2.60. The minimum Gasteiger partial charge on any atom is -0.370 e. The summed E-state index contributed by atoms with van der Waals surface area (Å²) in [6.07, 6.45) is 3.85. The SMILES string of the molecule is CNCc1cnccc1N1CCSCC1. The average molecular weight is 223 g/mol. The smallest absolute Gasteiger partial charge is 0.0443 e. The van der Waals surface area contributed by atoms with E-state index in [0.29, 0.717) is 0 Å². The summed E-state index contributed by atoms with van der Waals surface area (Å²) >= 11 is 2.04. The molecule has 1 aromatic heterocycles. The first-order valence-electron chi connectivity index (χ1n) is 5.32. The van der Waals surface area contributed by atoms with E-state index in [-0.39, 0.29) is 0 Å². The van der Waals surface area contributed by atoms with Crippen LogP contribution in [0.3, 0.4) is 0 Å². The molecule has 1 fully saturated rings. The number of thioether (sulfide) groups is 1. The van der Waals surface area contributed by atoms with Crippen LogP contribution in [0.25, 0.3) is 0 Å². The van der Waals surface area contributed by atoms with E-state index in [1.54, 1.807) is 0 Å². The molecule has 1 aromatic rings. The lowest BCUT2D eigenvalue weighted by Gasteiger charge is -2.30. The van der Waals surface area contributed by atoms with Crippen molar-refractivity contribution < 1.29 is 0 Å². The molecule has 0 atom stereocenters. The third kappa shape index (κ3) is 2.63. The van der Waals surface area contributed by atoms with Crippen molar-refractivity contribution in [3.63, 3.8) is 0 Å². The van der Waals surface area contributed by atoms with E-state index in [4.69, 9.17) is 0 Å². The number of nitrogens with zero attached hydrogens (tertiary/aromatic N) is 2. The van der Waals surface area contributed by atoms with Gasteiger partial charge >= 0.3 is 0 Å². The van der Waals surface area contributed by atoms with Crippen molar-refractivity contribution >= 4 is 17.4 Å². The van der Waals surface area contributed by atoms with Crippen LogP contribution in [-0.4, -0.2) is 36.6 Å². The molecule has 2 rings (SSSR count). The van der Waals surface area contributed by atoms with Gasteiger partial charge < -0.3 is 10.2 Å². The fourth-order valence-corrected chi connectivity index (χ4v) is 2.76. The number of nitrogens with one attached hydrogen (secondary N) is 1. The van der Waals surface area contributed by atoms with Gasteiger partial charge in [0, 0.05) is 54.8 Å². The van der Waals surface area contributed by atoms with Gasteiger partial charge in [-0.25, -0.2) is 0 Å². The minimum absolute atomic E-state index is 0.896. The summed E-state index contributed by atoms with van der Waals surface area (Å²) < 4.78 is 0. The minimum atomic E-state index is 0.896. The largest absolute Gasteiger partial charge is 0.370 e. The molecule has 1 N–H and O–H groups in total. The predicted octanol–water partition coefficient (Wildman–Crippen LogP) is 1.35. The van der Waals surface area contributed by atoms with Gasteiger partial charge in [-0.05, 0) is 13.1 Å². The van der Waals surface area contributed by atoms with E-state index < -0.39 is 0 Å². The Kier molecular flexibility index (Phi) is 3.86. The number of rotatable bonds is 3. The molecule has 0 unspecified atom stereocenters. The Morgan fingerprint density at radius 3 is 3.00 bits per heavy atom. The summed E-state index contributed by atoms with van der Waals surface area (Å²) in [6, 6.07) is 2.13. The van der Waals surface area contributed by atoms with Crippen LogP contribution in [0.4, 0.5) is 5.69 Å². The van der Waals surface area contributed by atoms with Crippen LogP contribution in [0.15, 0.2) is 18.5 Å². The summed E-state index contributed by atoms with van der Waals surface area (Å²) in [5, 5.41) is 3.19. The van der Waals surface area contributed by atoms with Gasteiger partial charge in [0.15, 0.2) is 0 Å². The Balaban J connectivity index is 2.17. The molecule has 0 bridgehead atoms. The van der Waals surface area contributed by atoms with Crippen LogP contribution in [0.2, 0.25) is 0 Å². The number of hydrogen-bond acceptors (Lipinski definition) is 4. The predicted molar refractivity (Wildman–Crippen MR) is 66.5 cm³/mol. The van der Waals surface area contributed by atoms with Gasteiger partial charge in [-0.15, -0.1) is 0 Å². The zero-order valence-corrected chi connectivity index (χ0v) is 9.89. The maximum atomic E-state index is 4.19. The molecule has 1 aliphatic heterocycles. The maximum absolute atomic E-state index is 4.19. The Morgan fingerprint density at radius 1 is 1.47 bits per heavy atom. The fraction of sp³-hybridized carbons (Fsp3) is 0.545. The molecule has 0 aliphatic carbocycles. The summed E-state index contributed by atoms with van der Waals surface area (Å²) in [6.45, 7) is 3.21. The number of pyridine rings is 1. The van der Waals surface area contributed by atoms with Crippen LogP contribution < -0.4 is 10.2 Å². The zero-order chi connectivity index (χ0) is 10.5. The van der Waals surface area contributed by atoms with Crippen molar-refractivity contribution in [2.24, 2.45) is 0 Å². The second-order valence-corrected chi connectivity index (χ2v) is 4.86. The van der Waals surface area contributed by atoms with Gasteiger partial charge in [-0.3, -0.25) is 4.98 Å². The first kappa shape index (κ1) is 10.8. The summed E-state index contributed by atoms with van der Waals surface area (Å²) in [7, 11) is 1.98. The summed E-state index contributed by atoms with van der Waals surface area (Å²) in [5.74, 6) is 2.47. The first-order valence-corrected chi connectivity index (χ1v) is 6.47. The van der Waals surface area contributed by atoms with Crippen molar-refractivity contribution in [2.45, 2.75) is 6.54 Å². The highest BCUT2D eigenvalue weighted by Crippen LogP contribution is 2.22. The summed E-state index contributed by atoms with van der Waals surface area (Å²) in [5.41, 5.74) is 2.64. The molecule has 15 heavy (non-hydrogen) atoms. The molecule has 0 aromatic carbocycles. The van der Waals surface area contributed by atoms with Crippen molar-refractivity contribution in [1.29, 1.82) is 0 Å². The van der Waals surface area contributed by atoms with Crippen LogP contribution in [-0.2, 0) is 6.54 Å². The molecule has 4 heteroatoms. The molecule has 0 spiro atoms. The van der Waals surface area contributed by atoms with Crippen LogP contribution in [0.1, 0.15) is 5.56 Å². The molecule has 3 nitrogen and oxygen atoms in total. The second kappa shape index (κ2) is 5.37. The monoisotopic (exact) mass is 223 g/mol. The molecule has 2 heterocycles. The van der Waals surface area contributed by atoms with Gasteiger partial charge in [0.1, 0.15) is 0 Å². The van der Waals surface area contributed by atoms with Gasteiger partial charge in [-0.1, -0.05) is 0 Å². The third-order valence-corrected chi connectivity index (χ3v) is 3.54. The topological polar surface area (TPSA) is 28.2 Å². The number of anilines is 1. The Bertz CT molecular complexity index is 310. The first-order chi connectivity index (χ1) is 7.42. The zero-order valence-electron chi connectivity index (χ0n) is 9.07. The van der Waals surface area contributed by atoms with Crippen molar-refractivity contribution in [3.8, 4) is 0 Å². The highest BCUT2D eigenvalue weighted by molar-refractivity contribution is 7.99. The molecule has 1 saturated heterocycles. The van der Waals surface area contributed by atoms with E-state index >= 15 is 0 Å². The molecule has 0 saturated carbocycles. The van der Waals surface area contributed by atoms with E-state index in [0.717, 1.165) is 19.6 Å².